The number of rotatable bonds is 4. The lowest BCUT2D eigenvalue weighted by atomic mass is 10.2. The number of amides is 2. The van der Waals surface area contributed by atoms with Gasteiger partial charge in [-0.1, -0.05) is 0 Å². The monoisotopic (exact) mass is 210 g/mol. The highest BCUT2D eigenvalue weighted by atomic mass is 16.2. The normalized spacial score (nSPS) is 23.1. The summed E-state index contributed by atoms with van der Waals surface area (Å²) in [6.07, 6.45) is 5.27. The van der Waals surface area contributed by atoms with Crippen LogP contribution in [0.1, 0.15) is 38.5 Å². The molecule has 0 atom stereocenters. The Morgan fingerprint density at radius 3 is 2.27 bits per heavy atom. The summed E-state index contributed by atoms with van der Waals surface area (Å²) in [5.74, 6) is 0.0187. The lowest BCUT2D eigenvalue weighted by Gasteiger charge is -2.18. The highest BCUT2D eigenvalue weighted by molar-refractivity contribution is 5.95. The van der Waals surface area contributed by atoms with Crippen molar-refractivity contribution >= 4 is 11.8 Å². The van der Waals surface area contributed by atoms with Crippen molar-refractivity contribution in [1.82, 2.24) is 10.2 Å². The van der Waals surface area contributed by atoms with Gasteiger partial charge in [-0.3, -0.25) is 14.5 Å². The molecule has 2 aliphatic rings. The van der Waals surface area contributed by atoms with Gasteiger partial charge in [-0.25, -0.2) is 0 Å². The van der Waals surface area contributed by atoms with E-state index in [4.69, 9.17) is 0 Å². The Morgan fingerprint density at radius 1 is 1.13 bits per heavy atom. The molecule has 1 N–H and O–H groups in total. The van der Waals surface area contributed by atoms with Crippen molar-refractivity contribution in [3.8, 4) is 0 Å². The molecule has 2 fully saturated rings. The van der Waals surface area contributed by atoms with Crippen LogP contribution in [0.5, 0.6) is 0 Å². The van der Waals surface area contributed by atoms with Gasteiger partial charge >= 0.3 is 0 Å². The van der Waals surface area contributed by atoms with E-state index in [1.165, 1.54) is 17.7 Å². The van der Waals surface area contributed by atoms with Crippen LogP contribution in [0, 0.1) is 0 Å². The maximum atomic E-state index is 11.6. The number of nitrogens with zero attached hydrogens (tertiary/aromatic N) is 1. The Bertz CT molecular complexity index is 243. The summed E-state index contributed by atoms with van der Waals surface area (Å²) in [6.45, 7) is 1.30. The van der Waals surface area contributed by atoms with Gasteiger partial charge in [-0.05, 0) is 25.7 Å². The van der Waals surface area contributed by atoms with Crippen LogP contribution in [0.3, 0.4) is 0 Å². The second-order valence-corrected chi connectivity index (χ2v) is 4.37. The lowest BCUT2D eigenvalue weighted by molar-refractivity contribution is -0.143. The van der Waals surface area contributed by atoms with Crippen molar-refractivity contribution in [2.45, 2.75) is 44.6 Å². The summed E-state index contributed by atoms with van der Waals surface area (Å²) >= 11 is 0. The molecule has 4 nitrogen and oxygen atoms in total. The van der Waals surface area contributed by atoms with Crippen molar-refractivity contribution < 1.29 is 9.59 Å². The number of imide groups is 1. The first-order valence-corrected chi connectivity index (χ1v) is 5.84. The molecule has 0 radical (unpaired) electrons. The summed E-state index contributed by atoms with van der Waals surface area (Å²) in [6, 6.07) is 0.641. The van der Waals surface area contributed by atoms with E-state index in [1.54, 1.807) is 0 Å². The Kier molecular flexibility index (Phi) is 3.36. The molecule has 2 amide bonds. The van der Waals surface area contributed by atoms with E-state index in [1.807, 2.05) is 0 Å². The molecule has 1 aliphatic heterocycles. The first-order chi connectivity index (χ1) is 7.27. The summed E-state index contributed by atoms with van der Waals surface area (Å²) in [5.41, 5.74) is 0. The maximum absolute atomic E-state index is 11.6. The summed E-state index contributed by atoms with van der Waals surface area (Å²) in [4.78, 5) is 24.6. The van der Waals surface area contributed by atoms with Gasteiger partial charge in [0.05, 0.1) is 0 Å². The first kappa shape index (κ1) is 10.6. The number of carbonyl (C=O) groups is 2. The molecule has 0 spiro atoms. The van der Waals surface area contributed by atoms with Gasteiger partial charge in [-0.2, -0.15) is 0 Å². The zero-order chi connectivity index (χ0) is 10.7. The molecule has 15 heavy (non-hydrogen) atoms. The molecule has 1 heterocycles. The van der Waals surface area contributed by atoms with Gasteiger partial charge in [0.1, 0.15) is 0 Å². The third kappa shape index (κ3) is 3.02. The van der Waals surface area contributed by atoms with Gasteiger partial charge in [0.2, 0.25) is 11.8 Å². The van der Waals surface area contributed by atoms with Crippen LogP contribution in [0.25, 0.3) is 0 Å². The van der Waals surface area contributed by atoms with E-state index in [9.17, 15) is 9.59 Å². The van der Waals surface area contributed by atoms with Gasteiger partial charge in [0.15, 0.2) is 0 Å². The van der Waals surface area contributed by atoms with Crippen LogP contribution in [0.2, 0.25) is 0 Å². The Hall–Kier alpha value is -0.900. The molecule has 0 bridgehead atoms. The largest absolute Gasteiger partial charge is 0.312 e. The van der Waals surface area contributed by atoms with Gasteiger partial charge < -0.3 is 5.32 Å². The van der Waals surface area contributed by atoms with E-state index >= 15 is 0 Å². The van der Waals surface area contributed by atoms with Gasteiger partial charge in [0, 0.05) is 32.0 Å². The summed E-state index contributed by atoms with van der Waals surface area (Å²) in [5, 5.41) is 3.32. The molecular weight excluding hydrogens is 192 g/mol. The fraction of sp³-hybridized carbons (Fsp3) is 0.818. The number of likely N-dealkylation sites (tertiary alicyclic amines) is 1. The lowest BCUT2D eigenvalue weighted by Crippen LogP contribution is -2.40. The minimum Gasteiger partial charge on any atom is -0.312 e. The molecular formula is C11H18N2O2. The fourth-order valence-corrected chi connectivity index (χ4v) is 1.88. The molecule has 4 heteroatoms. The van der Waals surface area contributed by atoms with E-state index in [-0.39, 0.29) is 11.8 Å². The van der Waals surface area contributed by atoms with Crippen molar-refractivity contribution in [3.63, 3.8) is 0 Å². The standard InChI is InChI=1S/C11H18N2O2/c14-10-3-1-2-4-11(15)13(10)8-7-12-9-5-6-9/h9,12H,1-8H2. The number of hydrogen-bond donors (Lipinski definition) is 1. The Labute approximate surface area is 90.0 Å². The van der Waals surface area contributed by atoms with E-state index in [0.717, 1.165) is 19.4 Å². The van der Waals surface area contributed by atoms with Crippen LogP contribution < -0.4 is 5.32 Å². The van der Waals surface area contributed by atoms with Crippen LogP contribution in [-0.2, 0) is 9.59 Å². The third-order valence-electron chi connectivity index (χ3n) is 2.98. The zero-order valence-electron chi connectivity index (χ0n) is 9.00. The molecule has 1 saturated heterocycles. The van der Waals surface area contributed by atoms with Gasteiger partial charge in [-0.15, -0.1) is 0 Å². The van der Waals surface area contributed by atoms with E-state index < -0.39 is 0 Å². The Morgan fingerprint density at radius 2 is 1.73 bits per heavy atom. The summed E-state index contributed by atoms with van der Waals surface area (Å²) < 4.78 is 0. The smallest absolute Gasteiger partial charge is 0.229 e. The molecule has 84 valence electrons. The van der Waals surface area contributed by atoms with Crippen molar-refractivity contribution in [2.24, 2.45) is 0 Å². The molecule has 0 aromatic carbocycles. The predicted molar refractivity (Wildman–Crippen MR) is 56.2 cm³/mol. The zero-order valence-corrected chi connectivity index (χ0v) is 9.00. The van der Waals surface area contributed by atoms with Crippen LogP contribution in [0.4, 0.5) is 0 Å². The average Bonchev–Trinajstić information content (AvgIpc) is 3.02. The quantitative estimate of drug-likeness (QED) is 0.694. The molecule has 1 aliphatic carbocycles. The SMILES string of the molecule is O=C1CCCCC(=O)N1CCNC1CC1. The molecule has 0 aromatic rings. The van der Waals surface area contributed by atoms with Crippen molar-refractivity contribution in [3.05, 3.63) is 0 Å². The fourth-order valence-electron chi connectivity index (χ4n) is 1.88. The van der Waals surface area contributed by atoms with E-state index in [2.05, 4.69) is 5.32 Å². The second-order valence-electron chi connectivity index (χ2n) is 4.37. The highest BCUT2D eigenvalue weighted by Gasteiger charge is 2.25. The first-order valence-electron chi connectivity index (χ1n) is 5.84. The minimum atomic E-state index is 0.00935. The topological polar surface area (TPSA) is 49.4 Å². The maximum Gasteiger partial charge on any atom is 0.229 e. The molecule has 0 aromatic heterocycles. The Balaban J connectivity index is 1.79. The van der Waals surface area contributed by atoms with Crippen LogP contribution in [-0.4, -0.2) is 35.8 Å². The van der Waals surface area contributed by atoms with E-state index in [0.29, 0.717) is 25.4 Å². The number of hydrogen-bond acceptors (Lipinski definition) is 3. The van der Waals surface area contributed by atoms with Gasteiger partial charge in [0.25, 0.3) is 0 Å². The van der Waals surface area contributed by atoms with Crippen molar-refractivity contribution in [2.75, 3.05) is 13.1 Å². The van der Waals surface area contributed by atoms with Crippen LogP contribution in [0.15, 0.2) is 0 Å². The second kappa shape index (κ2) is 4.75. The molecule has 0 unspecified atom stereocenters. The third-order valence-corrected chi connectivity index (χ3v) is 2.98. The minimum absolute atomic E-state index is 0.00935. The predicted octanol–water partition coefficient (Wildman–Crippen LogP) is 0.668. The highest BCUT2D eigenvalue weighted by Crippen LogP contribution is 2.18. The van der Waals surface area contributed by atoms with Crippen LogP contribution >= 0.6 is 0 Å². The number of nitrogens with one attached hydrogen (secondary N) is 1. The average molecular weight is 210 g/mol. The molecule has 2 rings (SSSR count). The molecule has 1 saturated carbocycles. The van der Waals surface area contributed by atoms with Crippen molar-refractivity contribution in [1.29, 1.82) is 0 Å². The summed E-state index contributed by atoms with van der Waals surface area (Å²) in [7, 11) is 0. The number of carbonyl (C=O) groups excluding carboxylic acids is 2.